The van der Waals surface area contributed by atoms with Crippen LogP contribution in [0.2, 0.25) is 0 Å². The molecule has 1 aliphatic rings. The average molecular weight is 332 g/mol. The number of halogens is 1. The Morgan fingerprint density at radius 2 is 1.85 bits per heavy atom. The van der Waals surface area contributed by atoms with E-state index >= 15 is 0 Å². The summed E-state index contributed by atoms with van der Waals surface area (Å²) in [4.78, 5) is 0. The molecule has 1 atom stereocenters. The van der Waals surface area contributed by atoms with Crippen LogP contribution in [0.4, 0.5) is 0 Å². The summed E-state index contributed by atoms with van der Waals surface area (Å²) in [5, 5.41) is 0. The van der Waals surface area contributed by atoms with Crippen molar-refractivity contribution in [3.63, 3.8) is 0 Å². The van der Waals surface area contributed by atoms with Gasteiger partial charge in [-0.15, -0.1) is 0 Å². The third-order valence-electron chi connectivity index (χ3n) is 3.71. The van der Waals surface area contributed by atoms with Crippen molar-refractivity contribution in [3.8, 4) is 5.75 Å². The van der Waals surface area contributed by atoms with Crippen molar-refractivity contribution in [1.29, 1.82) is 0 Å². The summed E-state index contributed by atoms with van der Waals surface area (Å²) in [6.07, 6.45) is 2.79. The minimum absolute atomic E-state index is 0.109. The molecule has 3 heteroatoms. The summed E-state index contributed by atoms with van der Waals surface area (Å²) >= 11 is 3.56. The predicted molar refractivity (Wildman–Crippen MR) is 85.0 cm³/mol. The zero-order valence-electron chi connectivity index (χ0n) is 11.5. The van der Waals surface area contributed by atoms with Crippen LogP contribution in [0.5, 0.6) is 5.75 Å². The summed E-state index contributed by atoms with van der Waals surface area (Å²) in [5.74, 6) is 0.939. The lowest BCUT2D eigenvalue weighted by Crippen LogP contribution is -2.13. The number of ether oxygens (including phenoxy) is 1. The molecular formula is C17H18BrNO. The zero-order valence-corrected chi connectivity index (χ0v) is 13.1. The largest absolute Gasteiger partial charge is 0.490 e. The SMILES string of the molecule is Cc1c(Br)cccc1C(N)c1ccc(OC2CC2)cc1. The van der Waals surface area contributed by atoms with Crippen molar-refractivity contribution >= 4 is 15.9 Å². The molecule has 0 heterocycles. The summed E-state index contributed by atoms with van der Waals surface area (Å²) in [7, 11) is 0. The maximum absolute atomic E-state index is 6.39. The van der Waals surface area contributed by atoms with Crippen molar-refractivity contribution < 1.29 is 4.74 Å². The minimum Gasteiger partial charge on any atom is -0.490 e. The van der Waals surface area contributed by atoms with E-state index in [1.807, 2.05) is 24.3 Å². The van der Waals surface area contributed by atoms with E-state index in [9.17, 15) is 0 Å². The third-order valence-corrected chi connectivity index (χ3v) is 4.57. The van der Waals surface area contributed by atoms with E-state index in [0.29, 0.717) is 6.10 Å². The van der Waals surface area contributed by atoms with Crippen molar-refractivity contribution in [2.24, 2.45) is 5.73 Å². The van der Waals surface area contributed by atoms with Gasteiger partial charge in [0.1, 0.15) is 5.75 Å². The molecule has 20 heavy (non-hydrogen) atoms. The van der Waals surface area contributed by atoms with Crippen LogP contribution in [0, 0.1) is 6.92 Å². The molecule has 0 spiro atoms. The molecule has 104 valence electrons. The fraction of sp³-hybridized carbons (Fsp3) is 0.294. The van der Waals surface area contributed by atoms with Gasteiger partial charge in [-0.1, -0.05) is 40.2 Å². The Morgan fingerprint density at radius 3 is 2.50 bits per heavy atom. The lowest BCUT2D eigenvalue weighted by atomic mass is 9.96. The number of rotatable bonds is 4. The van der Waals surface area contributed by atoms with E-state index in [4.69, 9.17) is 10.5 Å². The fourth-order valence-electron chi connectivity index (χ4n) is 2.27. The van der Waals surface area contributed by atoms with Gasteiger partial charge in [0, 0.05) is 4.47 Å². The minimum atomic E-state index is -0.109. The van der Waals surface area contributed by atoms with Gasteiger partial charge in [0.2, 0.25) is 0 Å². The maximum atomic E-state index is 6.39. The van der Waals surface area contributed by atoms with Gasteiger partial charge in [-0.3, -0.25) is 0 Å². The Kier molecular flexibility index (Phi) is 3.81. The Morgan fingerprint density at radius 1 is 1.15 bits per heavy atom. The lowest BCUT2D eigenvalue weighted by Gasteiger charge is -2.16. The van der Waals surface area contributed by atoms with E-state index in [1.54, 1.807) is 0 Å². The van der Waals surface area contributed by atoms with Gasteiger partial charge in [-0.2, -0.15) is 0 Å². The third kappa shape index (κ3) is 2.89. The molecule has 2 aromatic rings. The molecule has 0 amide bonds. The smallest absolute Gasteiger partial charge is 0.119 e. The van der Waals surface area contributed by atoms with Crippen molar-refractivity contribution in [3.05, 3.63) is 63.6 Å². The highest BCUT2D eigenvalue weighted by Gasteiger charge is 2.23. The maximum Gasteiger partial charge on any atom is 0.119 e. The van der Waals surface area contributed by atoms with Gasteiger partial charge in [-0.25, -0.2) is 0 Å². The summed E-state index contributed by atoms with van der Waals surface area (Å²) < 4.78 is 6.86. The quantitative estimate of drug-likeness (QED) is 0.904. The van der Waals surface area contributed by atoms with Gasteiger partial charge >= 0.3 is 0 Å². The Labute approximate surface area is 128 Å². The monoisotopic (exact) mass is 331 g/mol. The van der Waals surface area contributed by atoms with Gasteiger partial charge in [0.05, 0.1) is 12.1 Å². The van der Waals surface area contributed by atoms with Crippen LogP contribution in [0.3, 0.4) is 0 Å². The summed E-state index contributed by atoms with van der Waals surface area (Å²) in [6.45, 7) is 2.09. The van der Waals surface area contributed by atoms with Crippen molar-refractivity contribution in [2.45, 2.75) is 31.9 Å². The second kappa shape index (κ2) is 5.58. The molecule has 2 N–H and O–H groups in total. The molecule has 0 saturated heterocycles. The van der Waals surface area contributed by atoms with Gasteiger partial charge in [-0.05, 0) is 54.7 Å². The first-order valence-corrected chi connectivity index (χ1v) is 7.71. The average Bonchev–Trinajstić information content (AvgIpc) is 3.26. The van der Waals surface area contributed by atoms with Gasteiger partial charge < -0.3 is 10.5 Å². The normalized spacial score (nSPS) is 15.9. The van der Waals surface area contributed by atoms with Gasteiger partial charge in [0.25, 0.3) is 0 Å². The van der Waals surface area contributed by atoms with E-state index < -0.39 is 0 Å². The van der Waals surface area contributed by atoms with Crippen LogP contribution in [-0.2, 0) is 0 Å². The van der Waals surface area contributed by atoms with Crippen molar-refractivity contribution in [2.75, 3.05) is 0 Å². The number of hydrogen-bond acceptors (Lipinski definition) is 2. The molecule has 0 aliphatic heterocycles. The Balaban J connectivity index is 1.82. The second-order valence-electron chi connectivity index (χ2n) is 5.32. The molecular weight excluding hydrogens is 314 g/mol. The van der Waals surface area contributed by atoms with Crippen LogP contribution in [0.25, 0.3) is 0 Å². The first-order chi connectivity index (χ1) is 9.65. The predicted octanol–water partition coefficient (Wildman–Crippen LogP) is 4.35. The first-order valence-electron chi connectivity index (χ1n) is 6.92. The van der Waals surface area contributed by atoms with E-state index in [0.717, 1.165) is 21.3 Å². The number of nitrogens with two attached hydrogens (primary N) is 1. The van der Waals surface area contributed by atoms with Crippen LogP contribution < -0.4 is 10.5 Å². The van der Waals surface area contributed by atoms with E-state index in [-0.39, 0.29) is 6.04 Å². The highest BCUT2D eigenvalue weighted by atomic mass is 79.9. The number of hydrogen-bond donors (Lipinski definition) is 1. The Bertz CT molecular complexity index is 605. The molecule has 1 unspecified atom stereocenters. The van der Waals surface area contributed by atoms with Crippen molar-refractivity contribution in [1.82, 2.24) is 0 Å². The standard InChI is InChI=1S/C17H18BrNO/c1-11-15(3-2-4-16(11)18)17(19)12-5-7-13(8-6-12)20-14-9-10-14/h2-8,14,17H,9-10,19H2,1H3. The van der Waals surface area contributed by atoms with Crippen LogP contribution in [0.1, 0.15) is 35.6 Å². The summed E-state index contributed by atoms with van der Waals surface area (Å²) in [5.41, 5.74) is 9.84. The highest BCUT2D eigenvalue weighted by Crippen LogP contribution is 2.30. The topological polar surface area (TPSA) is 35.2 Å². The highest BCUT2D eigenvalue weighted by molar-refractivity contribution is 9.10. The van der Waals surface area contributed by atoms with Gasteiger partial charge in [0.15, 0.2) is 0 Å². The molecule has 1 fully saturated rings. The first kappa shape index (κ1) is 13.7. The van der Waals surface area contributed by atoms with Crippen LogP contribution in [0.15, 0.2) is 46.9 Å². The molecule has 1 saturated carbocycles. The molecule has 1 aliphatic carbocycles. The lowest BCUT2D eigenvalue weighted by molar-refractivity contribution is 0.303. The van der Waals surface area contributed by atoms with E-state index in [2.05, 4.69) is 41.1 Å². The molecule has 2 nitrogen and oxygen atoms in total. The molecule has 2 aromatic carbocycles. The van der Waals surface area contributed by atoms with E-state index in [1.165, 1.54) is 18.4 Å². The van der Waals surface area contributed by atoms with Crippen LogP contribution in [-0.4, -0.2) is 6.10 Å². The second-order valence-corrected chi connectivity index (χ2v) is 6.17. The Hall–Kier alpha value is -1.32. The molecule has 0 bridgehead atoms. The molecule has 0 radical (unpaired) electrons. The van der Waals surface area contributed by atoms with Crippen LogP contribution >= 0.6 is 15.9 Å². The fourth-order valence-corrected chi connectivity index (χ4v) is 2.65. The zero-order chi connectivity index (χ0) is 14.1. The molecule has 3 rings (SSSR count). The summed E-state index contributed by atoms with van der Waals surface area (Å²) in [6, 6.07) is 14.2. The molecule has 0 aromatic heterocycles. The number of benzene rings is 2.